The molecule has 0 saturated carbocycles. The Labute approximate surface area is 645 Å². The number of aliphatic hydroxyl groups excluding tert-OH is 2. The van der Waals surface area contributed by atoms with E-state index >= 15 is 33.6 Å². The van der Waals surface area contributed by atoms with Crippen molar-refractivity contribution in [1.82, 2.24) is 65.8 Å². The molecule has 1 fully saturated rings. The van der Waals surface area contributed by atoms with E-state index in [0.717, 1.165) is 36.3 Å². The number of thioether (sulfide) groups is 1. The summed E-state index contributed by atoms with van der Waals surface area (Å²) in [5.74, 6) is -9.63. The Morgan fingerprint density at radius 2 is 0.935 bits per heavy atom. The van der Waals surface area contributed by atoms with Crippen LogP contribution in [0.3, 0.4) is 0 Å². The second-order valence-electron chi connectivity index (χ2n) is 32.3. The maximum Gasteiger partial charge on any atom is 0.253 e. The van der Waals surface area contributed by atoms with Gasteiger partial charge in [-0.15, -0.1) is 0 Å². The number of rotatable bonds is 29. The molecule has 1 heterocycles. The summed E-state index contributed by atoms with van der Waals surface area (Å²) in [6.07, 6.45) is 3.54. The lowest BCUT2D eigenvalue weighted by Crippen LogP contribution is -2.64. The number of benzene rings is 1. The molecule has 12 amide bonds. The van der Waals surface area contributed by atoms with Gasteiger partial charge >= 0.3 is 0 Å². The van der Waals surface area contributed by atoms with Gasteiger partial charge in [0.1, 0.15) is 66.5 Å². The average molecular weight is 1530 g/mol. The van der Waals surface area contributed by atoms with Crippen molar-refractivity contribution in [3.63, 3.8) is 0 Å². The van der Waals surface area contributed by atoms with Crippen molar-refractivity contribution in [2.45, 2.75) is 267 Å². The summed E-state index contributed by atoms with van der Waals surface area (Å²) in [4.78, 5) is 188. The number of unbranched alkanes of at least 4 members (excludes halogenated alkanes) is 4. The molecule has 0 aliphatic carbocycles. The van der Waals surface area contributed by atoms with Gasteiger partial charge < -0.3 is 76.0 Å². The minimum absolute atomic E-state index is 0.0221. The zero-order valence-electron chi connectivity index (χ0n) is 69.6. The lowest BCUT2D eigenvalue weighted by molar-refractivity contribution is -0.157. The van der Waals surface area contributed by atoms with Crippen molar-refractivity contribution in [1.29, 1.82) is 0 Å². The Balaban J connectivity index is 3.00. The Hall–Kier alpha value is -6.91. The standard InChI is InChI=1S/C79H139N13O14S/c1-26-58-74(101)90(23)63(46-107-40-32-31-39-93)77(104)86(19)60(42-48(4)5)70(97)84-64(51(10)11)78(105)87(20)59(41-47(2)3)69(96)81-54(15)68(95)82-55(16)72(99)88(21)61(43-49(6)7)75(102)89(22)62(44-50(8)9)76(103)91(24)65(52(12)13)79(106)92(25)66(71(98)83-58)67(94)53(14)33-29-27-28-30-38-80-45-56-34-36-57(37-35-56)73(100)85(17)18/h34-37,47-55,58-67,80,93-94H,26-33,38-46H2,1-25H3,(H,81,96)(H,82,95)(H,83,98)(H,84,97)/t53-,54+,55-,58+,59+,60+,61+,62+,63-,64+,65+,66+,67-/m1/s1. The first-order valence-electron chi connectivity index (χ1n) is 38.9. The summed E-state index contributed by atoms with van der Waals surface area (Å²) in [5, 5.41) is 37.0. The predicted molar refractivity (Wildman–Crippen MR) is 421 cm³/mol. The molecular formula is C79H139N13O14S. The second-order valence-corrected chi connectivity index (χ2v) is 33.4. The van der Waals surface area contributed by atoms with Gasteiger partial charge in [-0.05, 0) is 143 Å². The highest BCUT2D eigenvalue weighted by Crippen LogP contribution is 2.27. The summed E-state index contributed by atoms with van der Waals surface area (Å²) in [6, 6.07) is -6.57. The summed E-state index contributed by atoms with van der Waals surface area (Å²) < 4.78 is 0. The smallest absolute Gasteiger partial charge is 0.253 e. The monoisotopic (exact) mass is 1530 g/mol. The first-order valence-corrected chi connectivity index (χ1v) is 40.0. The molecule has 107 heavy (non-hydrogen) atoms. The van der Waals surface area contributed by atoms with Gasteiger partial charge in [-0.2, -0.15) is 11.8 Å². The number of nitrogens with zero attached hydrogens (tertiary/aromatic N) is 8. The maximum atomic E-state index is 15.6. The molecule has 1 aliphatic heterocycles. The fourth-order valence-electron chi connectivity index (χ4n) is 13.5. The van der Waals surface area contributed by atoms with Crippen LogP contribution in [-0.4, -0.2) is 281 Å². The van der Waals surface area contributed by atoms with Crippen molar-refractivity contribution in [2.75, 3.05) is 88.1 Å². The van der Waals surface area contributed by atoms with Gasteiger partial charge in [-0.25, -0.2) is 0 Å². The van der Waals surface area contributed by atoms with E-state index in [1.54, 1.807) is 55.6 Å². The summed E-state index contributed by atoms with van der Waals surface area (Å²) >= 11 is 1.35. The molecule has 1 saturated heterocycles. The molecule has 13 atom stereocenters. The first kappa shape index (κ1) is 96.2. The van der Waals surface area contributed by atoms with Crippen LogP contribution < -0.4 is 26.6 Å². The lowest BCUT2D eigenvalue weighted by Gasteiger charge is -2.41. The molecule has 0 bridgehead atoms. The van der Waals surface area contributed by atoms with Crippen molar-refractivity contribution < 1.29 is 67.7 Å². The molecule has 610 valence electrons. The quantitative estimate of drug-likeness (QED) is 0.0479. The molecule has 1 aliphatic rings. The van der Waals surface area contributed by atoms with Crippen molar-refractivity contribution in [3.05, 3.63) is 35.4 Å². The zero-order valence-corrected chi connectivity index (χ0v) is 70.4. The van der Waals surface area contributed by atoms with E-state index < -0.39 is 155 Å². The molecule has 27 nitrogen and oxygen atoms in total. The Bertz CT molecular complexity index is 3040. The van der Waals surface area contributed by atoms with Gasteiger partial charge in [0.15, 0.2) is 0 Å². The van der Waals surface area contributed by atoms with Crippen LogP contribution in [0, 0.1) is 41.4 Å². The van der Waals surface area contributed by atoms with Crippen LogP contribution in [0.4, 0.5) is 0 Å². The van der Waals surface area contributed by atoms with E-state index in [1.165, 1.54) is 109 Å². The van der Waals surface area contributed by atoms with Gasteiger partial charge in [-0.3, -0.25) is 57.5 Å². The fraction of sp³-hybridized carbons (Fsp3) is 0.772. The third kappa shape index (κ3) is 29.1. The van der Waals surface area contributed by atoms with E-state index in [4.69, 9.17) is 0 Å². The van der Waals surface area contributed by atoms with Crippen LogP contribution in [0.25, 0.3) is 0 Å². The highest BCUT2D eigenvalue weighted by atomic mass is 32.2. The molecule has 0 aromatic heterocycles. The summed E-state index contributed by atoms with van der Waals surface area (Å²) in [5.41, 5.74) is 1.64. The Morgan fingerprint density at radius 3 is 1.43 bits per heavy atom. The summed E-state index contributed by atoms with van der Waals surface area (Å²) in [7, 11) is 13.5. The van der Waals surface area contributed by atoms with Gasteiger partial charge in [0.2, 0.25) is 65.0 Å². The molecule has 1 aromatic carbocycles. The number of likely N-dealkylation sites (N-methyl/N-ethyl adjacent to an activating group) is 7. The highest BCUT2D eigenvalue weighted by molar-refractivity contribution is 7.99. The molecule has 7 N–H and O–H groups in total. The number of hydrogen-bond acceptors (Lipinski definition) is 16. The van der Waals surface area contributed by atoms with Crippen LogP contribution in [0.5, 0.6) is 0 Å². The van der Waals surface area contributed by atoms with E-state index in [1.807, 2.05) is 79.7 Å². The highest BCUT2D eigenvalue weighted by Gasteiger charge is 2.47. The SMILES string of the molecule is CC[C@@H]1NC(=O)[C@H]([C@H](O)[C@H](C)CCCCCCNCc2ccc(C(=O)N(C)C)cc2)N(C)C(=O)[C@H](C(C)C)N(C)C(=O)[C@H](CC(C)C)N(C)C(=O)[C@H](CC(C)C)N(C)C(=O)[C@@H](C)NC(=O)[C@H](C)NC(=O)[C@H](CC(C)C)N(C)C(=O)[C@H](C(C)C)NC(=O)[C@H](CC(C)C)N(C)C(=O)[C@@H](CSCCCCO)N(C)C1=O. The number of nitrogens with one attached hydrogen (secondary N) is 5. The third-order valence-electron chi connectivity index (χ3n) is 20.3. The van der Waals surface area contributed by atoms with Crippen LogP contribution >= 0.6 is 11.8 Å². The molecular weight excluding hydrogens is 1390 g/mol. The number of carbonyl (C=O) groups excluding carboxylic acids is 12. The molecule has 2 rings (SSSR count). The Kier molecular flexibility index (Phi) is 41.9. The molecule has 0 spiro atoms. The molecule has 0 radical (unpaired) electrons. The zero-order chi connectivity index (χ0) is 81.8. The van der Waals surface area contributed by atoms with E-state index in [9.17, 15) is 34.2 Å². The van der Waals surface area contributed by atoms with E-state index in [2.05, 4.69) is 26.6 Å². The number of carbonyl (C=O) groups is 12. The van der Waals surface area contributed by atoms with Gasteiger partial charge in [-0.1, -0.05) is 128 Å². The van der Waals surface area contributed by atoms with E-state index in [-0.39, 0.29) is 74.0 Å². The predicted octanol–water partition coefficient (Wildman–Crippen LogP) is 5.62. The normalized spacial score (nSPS) is 24.4. The van der Waals surface area contributed by atoms with Crippen LogP contribution in [-0.2, 0) is 59.3 Å². The van der Waals surface area contributed by atoms with Gasteiger partial charge in [0, 0.05) is 87.9 Å². The van der Waals surface area contributed by atoms with Crippen molar-refractivity contribution in [3.8, 4) is 0 Å². The third-order valence-corrected chi connectivity index (χ3v) is 21.4. The Morgan fingerprint density at radius 1 is 0.486 bits per heavy atom. The van der Waals surface area contributed by atoms with Crippen molar-refractivity contribution >= 4 is 82.6 Å². The van der Waals surface area contributed by atoms with Gasteiger partial charge in [0.25, 0.3) is 5.91 Å². The maximum absolute atomic E-state index is 15.6. The second kappa shape index (κ2) is 46.6. The molecule has 0 unspecified atom stereocenters. The fourth-order valence-corrected chi connectivity index (χ4v) is 14.7. The molecule has 1 aromatic rings. The number of hydrogen-bond donors (Lipinski definition) is 7. The van der Waals surface area contributed by atoms with Crippen molar-refractivity contribution in [2.24, 2.45) is 41.4 Å². The molecule has 28 heteroatoms. The minimum Gasteiger partial charge on any atom is -0.396 e. The lowest BCUT2D eigenvalue weighted by atomic mass is 9.90. The average Bonchev–Trinajstić information content (AvgIpc) is 0.805. The van der Waals surface area contributed by atoms with Crippen LogP contribution in [0.1, 0.15) is 204 Å². The summed E-state index contributed by atoms with van der Waals surface area (Å²) in [6.45, 7) is 29.5. The van der Waals surface area contributed by atoms with Gasteiger partial charge in [0.05, 0.1) is 6.10 Å². The minimum atomic E-state index is -1.66. The van der Waals surface area contributed by atoms with E-state index in [0.29, 0.717) is 43.5 Å². The number of aliphatic hydroxyl groups is 2. The van der Waals surface area contributed by atoms with Crippen LogP contribution in [0.2, 0.25) is 0 Å². The van der Waals surface area contributed by atoms with Crippen LogP contribution in [0.15, 0.2) is 24.3 Å². The number of amides is 12. The largest absolute Gasteiger partial charge is 0.396 e. The first-order chi connectivity index (χ1) is 49.9. The topological polar surface area (TPSA) is 331 Å².